The van der Waals surface area contributed by atoms with Crippen LogP contribution in [0.25, 0.3) is 0 Å². The lowest BCUT2D eigenvalue weighted by Crippen LogP contribution is -2.46. The molecule has 0 aliphatic heterocycles. The van der Waals surface area contributed by atoms with Crippen molar-refractivity contribution in [2.45, 2.75) is 26.3 Å². The molecule has 4 heteroatoms. The number of carbonyl (C=O) groups is 2. The van der Waals surface area contributed by atoms with E-state index in [0.717, 1.165) is 0 Å². The van der Waals surface area contributed by atoms with Crippen LogP contribution in [-0.4, -0.2) is 35.8 Å². The van der Waals surface area contributed by atoms with E-state index in [2.05, 4.69) is 18.5 Å². The molecule has 2 amide bonds. The van der Waals surface area contributed by atoms with Gasteiger partial charge in [-0.3, -0.25) is 9.59 Å². The summed E-state index contributed by atoms with van der Waals surface area (Å²) in [6.45, 7) is 11.5. The topological polar surface area (TPSA) is 49.4 Å². The zero-order chi connectivity index (χ0) is 12.6. The van der Waals surface area contributed by atoms with Crippen molar-refractivity contribution < 1.29 is 9.59 Å². The smallest absolute Gasteiger partial charge is 0.245 e. The van der Waals surface area contributed by atoms with E-state index >= 15 is 0 Å². The minimum Gasteiger partial charge on any atom is -0.345 e. The van der Waals surface area contributed by atoms with Gasteiger partial charge >= 0.3 is 0 Å². The van der Waals surface area contributed by atoms with E-state index in [1.54, 1.807) is 30.9 Å². The molecule has 4 nitrogen and oxygen atoms in total. The molecule has 0 aromatic rings. The van der Waals surface area contributed by atoms with Gasteiger partial charge in [-0.25, -0.2) is 0 Å². The zero-order valence-electron chi connectivity index (χ0n) is 10.0. The molecule has 0 aromatic carbocycles. The standard InChI is InChI=1S/C12H20N2O2/c1-5-8-14(9-6-2)12(16)10(4)13-11(15)7-3/h5-6,10H,1-2,7-9H2,3-4H3,(H,13,15). The molecule has 1 unspecified atom stereocenters. The number of carbonyl (C=O) groups excluding carboxylic acids is 2. The van der Waals surface area contributed by atoms with Gasteiger partial charge in [0.2, 0.25) is 11.8 Å². The van der Waals surface area contributed by atoms with Crippen LogP contribution in [0.4, 0.5) is 0 Å². The molecule has 0 aliphatic rings. The van der Waals surface area contributed by atoms with Gasteiger partial charge in [0.1, 0.15) is 6.04 Å². The summed E-state index contributed by atoms with van der Waals surface area (Å²) in [5.41, 5.74) is 0. The fourth-order valence-electron chi connectivity index (χ4n) is 1.25. The summed E-state index contributed by atoms with van der Waals surface area (Å²) in [4.78, 5) is 24.6. The number of amides is 2. The van der Waals surface area contributed by atoms with Gasteiger partial charge in [0.15, 0.2) is 0 Å². The lowest BCUT2D eigenvalue weighted by molar-refractivity contribution is -0.135. The van der Waals surface area contributed by atoms with Crippen LogP contribution in [-0.2, 0) is 9.59 Å². The number of rotatable bonds is 7. The summed E-state index contributed by atoms with van der Waals surface area (Å²) in [6.07, 6.45) is 3.67. The predicted molar refractivity (Wildman–Crippen MR) is 64.9 cm³/mol. The second kappa shape index (κ2) is 7.68. The van der Waals surface area contributed by atoms with Crippen molar-refractivity contribution >= 4 is 11.8 Å². The second-order valence-electron chi connectivity index (χ2n) is 3.46. The van der Waals surface area contributed by atoms with Gasteiger partial charge in [-0.1, -0.05) is 19.1 Å². The third-order valence-electron chi connectivity index (χ3n) is 2.08. The van der Waals surface area contributed by atoms with Crippen molar-refractivity contribution in [1.82, 2.24) is 10.2 Å². The molecule has 0 rings (SSSR count). The monoisotopic (exact) mass is 224 g/mol. The number of nitrogens with one attached hydrogen (secondary N) is 1. The molecule has 0 fully saturated rings. The first-order valence-electron chi connectivity index (χ1n) is 5.36. The number of nitrogens with zero attached hydrogens (tertiary/aromatic N) is 1. The van der Waals surface area contributed by atoms with Gasteiger partial charge in [0.25, 0.3) is 0 Å². The van der Waals surface area contributed by atoms with Crippen LogP contribution in [0.15, 0.2) is 25.3 Å². The van der Waals surface area contributed by atoms with Crippen LogP contribution in [0.5, 0.6) is 0 Å². The van der Waals surface area contributed by atoms with Crippen molar-refractivity contribution in [1.29, 1.82) is 0 Å². The Hall–Kier alpha value is -1.58. The maximum absolute atomic E-state index is 11.9. The first-order chi connectivity index (χ1) is 7.56. The van der Waals surface area contributed by atoms with Crippen LogP contribution < -0.4 is 5.32 Å². The fraction of sp³-hybridized carbons (Fsp3) is 0.500. The first-order valence-corrected chi connectivity index (χ1v) is 5.36. The van der Waals surface area contributed by atoms with E-state index < -0.39 is 6.04 Å². The minimum absolute atomic E-state index is 0.124. The van der Waals surface area contributed by atoms with Crippen LogP contribution in [0.3, 0.4) is 0 Å². The van der Waals surface area contributed by atoms with Gasteiger partial charge in [-0.2, -0.15) is 0 Å². The Kier molecular flexibility index (Phi) is 6.92. The van der Waals surface area contributed by atoms with E-state index in [9.17, 15) is 9.59 Å². The Labute approximate surface area is 97.0 Å². The molecule has 16 heavy (non-hydrogen) atoms. The van der Waals surface area contributed by atoms with Crippen LogP contribution >= 0.6 is 0 Å². The SMILES string of the molecule is C=CCN(CC=C)C(=O)C(C)NC(=O)CC. The molecule has 0 heterocycles. The molecule has 90 valence electrons. The number of hydrogen-bond donors (Lipinski definition) is 1. The maximum Gasteiger partial charge on any atom is 0.245 e. The summed E-state index contributed by atoms with van der Waals surface area (Å²) in [5, 5.41) is 2.63. The Morgan fingerprint density at radius 2 is 1.81 bits per heavy atom. The lowest BCUT2D eigenvalue weighted by atomic mass is 10.2. The predicted octanol–water partition coefficient (Wildman–Crippen LogP) is 1.10. The molecule has 0 bridgehead atoms. The Balaban J connectivity index is 4.40. The Bertz CT molecular complexity index is 264. The molecular weight excluding hydrogens is 204 g/mol. The minimum atomic E-state index is -0.507. The van der Waals surface area contributed by atoms with Gasteiger partial charge in [-0.15, -0.1) is 13.2 Å². The molecule has 1 N–H and O–H groups in total. The van der Waals surface area contributed by atoms with Crippen molar-refractivity contribution in [2.24, 2.45) is 0 Å². The largest absolute Gasteiger partial charge is 0.345 e. The Morgan fingerprint density at radius 1 is 1.31 bits per heavy atom. The fourth-order valence-corrected chi connectivity index (χ4v) is 1.25. The van der Waals surface area contributed by atoms with Crippen LogP contribution in [0, 0.1) is 0 Å². The molecule has 0 saturated heterocycles. The maximum atomic E-state index is 11.9. The summed E-state index contributed by atoms with van der Waals surface area (Å²) in [7, 11) is 0. The van der Waals surface area contributed by atoms with E-state index in [1.165, 1.54) is 0 Å². The molecule has 0 aliphatic carbocycles. The van der Waals surface area contributed by atoms with Crippen molar-refractivity contribution in [3.8, 4) is 0 Å². The summed E-state index contributed by atoms with van der Waals surface area (Å²) in [6, 6.07) is -0.507. The lowest BCUT2D eigenvalue weighted by Gasteiger charge is -2.23. The van der Waals surface area contributed by atoms with Gasteiger partial charge in [0.05, 0.1) is 0 Å². The average molecular weight is 224 g/mol. The quantitative estimate of drug-likeness (QED) is 0.658. The highest BCUT2D eigenvalue weighted by atomic mass is 16.2. The normalized spacial score (nSPS) is 11.4. The number of hydrogen-bond acceptors (Lipinski definition) is 2. The second-order valence-corrected chi connectivity index (χ2v) is 3.46. The van der Waals surface area contributed by atoms with E-state index in [0.29, 0.717) is 19.5 Å². The summed E-state index contributed by atoms with van der Waals surface area (Å²) < 4.78 is 0. The van der Waals surface area contributed by atoms with Gasteiger partial charge < -0.3 is 10.2 Å². The molecule has 0 radical (unpaired) electrons. The Morgan fingerprint density at radius 3 is 2.19 bits per heavy atom. The van der Waals surface area contributed by atoms with E-state index in [-0.39, 0.29) is 11.8 Å². The van der Waals surface area contributed by atoms with E-state index in [1.807, 2.05) is 0 Å². The molecular formula is C12H20N2O2. The van der Waals surface area contributed by atoms with Crippen molar-refractivity contribution in [3.05, 3.63) is 25.3 Å². The highest BCUT2D eigenvalue weighted by Crippen LogP contribution is 1.97. The third-order valence-corrected chi connectivity index (χ3v) is 2.08. The molecule has 0 aromatic heterocycles. The highest BCUT2D eigenvalue weighted by molar-refractivity contribution is 5.87. The summed E-state index contributed by atoms with van der Waals surface area (Å²) >= 11 is 0. The van der Waals surface area contributed by atoms with Gasteiger partial charge in [0, 0.05) is 19.5 Å². The first kappa shape index (κ1) is 14.4. The van der Waals surface area contributed by atoms with Crippen molar-refractivity contribution in [3.63, 3.8) is 0 Å². The highest BCUT2D eigenvalue weighted by Gasteiger charge is 2.19. The van der Waals surface area contributed by atoms with E-state index in [4.69, 9.17) is 0 Å². The zero-order valence-corrected chi connectivity index (χ0v) is 10.0. The van der Waals surface area contributed by atoms with Crippen LogP contribution in [0.2, 0.25) is 0 Å². The average Bonchev–Trinajstić information content (AvgIpc) is 2.27. The summed E-state index contributed by atoms with van der Waals surface area (Å²) in [5.74, 6) is -0.250. The molecule has 1 atom stereocenters. The van der Waals surface area contributed by atoms with Crippen LogP contribution in [0.1, 0.15) is 20.3 Å². The van der Waals surface area contributed by atoms with Gasteiger partial charge in [-0.05, 0) is 6.92 Å². The van der Waals surface area contributed by atoms with Crippen molar-refractivity contribution in [2.75, 3.05) is 13.1 Å². The molecule has 0 spiro atoms. The molecule has 0 saturated carbocycles. The third kappa shape index (κ3) is 4.77.